The summed E-state index contributed by atoms with van der Waals surface area (Å²) in [7, 11) is 0. The number of aromatic nitrogens is 3. The molecule has 0 radical (unpaired) electrons. The first kappa shape index (κ1) is 17.8. The molecule has 1 aliphatic carbocycles. The molecular formula is C19H24ClN5S. The van der Waals surface area contributed by atoms with Crippen LogP contribution in [0.25, 0.3) is 0 Å². The molecule has 1 saturated carbocycles. The lowest BCUT2D eigenvalue weighted by molar-refractivity contribution is 0.194. The summed E-state index contributed by atoms with van der Waals surface area (Å²) in [5.41, 5.74) is 1.19. The van der Waals surface area contributed by atoms with Crippen LogP contribution in [-0.2, 0) is 13.2 Å². The molecule has 1 saturated heterocycles. The Kier molecular flexibility index (Phi) is 5.16. The summed E-state index contributed by atoms with van der Waals surface area (Å²) in [6.45, 7) is 9.30. The molecule has 0 amide bonds. The SMILES string of the molecule is C=CCn1c(C2CC2)nn(CN2CCN(c3cccc(Cl)c3)CC2)c1=S. The highest BCUT2D eigenvalue weighted by atomic mass is 35.5. The molecule has 0 N–H and O–H groups in total. The van der Waals surface area contributed by atoms with Gasteiger partial charge in [-0.05, 0) is 43.3 Å². The monoisotopic (exact) mass is 389 g/mol. The van der Waals surface area contributed by atoms with Gasteiger partial charge in [0.25, 0.3) is 0 Å². The van der Waals surface area contributed by atoms with Gasteiger partial charge in [0.05, 0.1) is 6.67 Å². The molecule has 1 aromatic heterocycles. The van der Waals surface area contributed by atoms with Crippen molar-refractivity contribution in [1.82, 2.24) is 19.2 Å². The van der Waals surface area contributed by atoms with Crippen LogP contribution in [0.2, 0.25) is 5.02 Å². The maximum atomic E-state index is 6.12. The first-order valence-corrected chi connectivity index (χ1v) is 9.95. The van der Waals surface area contributed by atoms with Crippen molar-refractivity contribution in [2.45, 2.75) is 32.0 Å². The minimum Gasteiger partial charge on any atom is -0.369 e. The highest BCUT2D eigenvalue weighted by molar-refractivity contribution is 7.71. The summed E-state index contributed by atoms with van der Waals surface area (Å²) in [5.74, 6) is 1.71. The van der Waals surface area contributed by atoms with Crippen LogP contribution >= 0.6 is 23.8 Å². The second-order valence-electron chi connectivity index (χ2n) is 7.04. The van der Waals surface area contributed by atoms with E-state index in [2.05, 4.69) is 27.0 Å². The fraction of sp³-hybridized carbons (Fsp3) is 0.474. The van der Waals surface area contributed by atoms with Gasteiger partial charge in [-0.15, -0.1) is 6.58 Å². The average molecular weight is 390 g/mol. The summed E-state index contributed by atoms with van der Waals surface area (Å²) in [5, 5.41) is 5.62. The smallest absolute Gasteiger partial charge is 0.199 e. The fourth-order valence-electron chi connectivity index (χ4n) is 3.50. The van der Waals surface area contributed by atoms with Gasteiger partial charge < -0.3 is 4.90 Å². The van der Waals surface area contributed by atoms with Crippen molar-refractivity contribution in [1.29, 1.82) is 0 Å². The van der Waals surface area contributed by atoms with E-state index in [1.165, 1.54) is 18.5 Å². The Bertz CT molecular complexity index is 846. The van der Waals surface area contributed by atoms with Crippen LogP contribution < -0.4 is 4.90 Å². The Morgan fingerprint density at radius 3 is 2.65 bits per heavy atom. The summed E-state index contributed by atoms with van der Waals surface area (Å²) in [6.07, 6.45) is 4.35. The van der Waals surface area contributed by atoms with E-state index in [1.54, 1.807) is 0 Å². The summed E-state index contributed by atoms with van der Waals surface area (Å²) in [6, 6.07) is 8.08. The number of rotatable bonds is 6. The lowest BCUT2D eigenvalue weighted by Crippen LogP contribution is -2.47. The molecule has 4 rings (SSSR count). The first-order chi connectivity index (χ1) is 12.7. The van der Waals surface area contributed by atoms with Gasteiger partial charge >= 0.3 is 0 Å². The minimum atomic E-state index is 0.581. The molecule has 1 aliphatic heterocycles. The summed E-state index contributed by atoms with van der Waals surface area (Å²) in [4.78, 5) is 4.80. The first-order valence-electron chi connectivity index (χ1n) is 9.17. The second-order valence-corrected chi connectivity index (χ2v) is 7.84. The van der Waals surface area contributed by atoms with Crippen LogP contribution in [-0.4, -0.2) is 45.4 Å². The number of benzene rings is 1. The molecule has 1 aromatic carbocycles. The number of hydrogen-bond acceptors (Lipinski definition) is 4. The van der Waals surface area contributed by atoms with Crippen molar-refractivity contribution in [2.24, 2.45) is 0 Å². The van der Waals surface area contributed by atoms with E-state index in [0.29, 0.717) is 5.92 Å². The van der Waals surface area contributed by atoms with Gasteiger partial charge in [0.15, 0.2) is 4.77 Å². The molecule has 26 heavy (non-hydrogen) atoms. The molecule has 138 valence electrons. The van der Waals surface area contributed by atoms with Gasteiger partial charge in [-0.2, -0.15) is 5.10 Å². The van der Waals surface area contributed by atoms with Gasteiger partial charge in [0.2, 0.25) is 0 Å². The molecule has 0 bridgehead atoms. The number of anilines is 1. The normalized spacial score (nSPS) is 18.3. The third-order valence-corrected chi connectivity index (χ3v) is 5.75. The second kappa shape index (κ2) is 7.55. The van der Waals surface area contributed by atoms with Crippen molar-refractivity contribution in [2.75, 3.05) is 31.1 Å². The predicted molar refractivity (Wildman–Crippen MR) is 108 cm³/mol. The maximum absolute atomic E-state index is 6.12. The van der Waals surface area contributed by atoms with Crippen molar-refractivity contribution in [3.8, 4) is 0 Å². The lowest BCUT2D eigenvalue weighted by atomic mass is 10.2. The molecule has 5 nitrogen and oxygen atoms in total. The Hall–Kier alpha value is -1.63. The summed E-state index contributed by atoms with van der Waals surface area (Å²) < 4.78 is 4.94. The topological polar surface area (TPSA) is 29.2 Å². The molecule has 2 aliphatic rings. The molecular weight excluding hydrogens is 366 g/mol. The zero-order chi connectivity index (χ0) is 18.1. The molecule has 2 aromatic rings. The van der Waals surface area contributed by atoms with E-state index in [0.717, 1.165) is 55.0 Å². The zero-order valence-electron chi connectivity index (χ0n) is 14.9. The van der Waals surface area contributed by atoms with Gasteiger partial charge in [-0.1, -0.05) is 23.7 Å². The van der Waals surface area contributed by atoms with Crippen LogP contribution in [0.15, 0.2) is 36.9 Å². The van der Waals surface area contributed by atoms with E-state index in [1.807, 2.05) is 29.0 Å². The minimum absolute atomic E-state index is 0.581. The number of halogens is 1. The fourth-order valence-corrected chi connectivity index (χ4v) is 3.96. The number of allylic oxidation sites excluding steroid dienone is 1. The maximum Gasteiger partial charge on any atom is 0.199 e. The average Bonchev–Trinajstić information content (AvgIpc) is 3.44. The highest BCUT2D eigenvalue weighted by Crippen LogP contribution is 2.39. The van der Waals surface area contributed by atoms with E-state index < -0.39 is 0 Å². The van der Waals surface area contributed by atoms with Crippen LogP contribution in [0, 0.1) is 4.77 Å². The van der Waals surface area contributed by atoms with Crippen molar-refractivity contribution in [3.05, 3.63) is 52.5 Å². The quantitative estimate of drug-likeness (QED) is 0.553. The van der Waals surface area contributed by atoms with Crippen LogP contribution in [0.1, 0.15) is 24.6 Å². The largest absolute Gasteiger partial charge is 0.369 e. The predicted octanol–water partition coefficient (Wildman–Crippen LogP) is 3.91. The third-order valence-electron chi connectivity index (χ3n) is 5.09. The molecule has 2 heterocycles. The highest BCUT2D eigenvalue weighted by Gasteiger charge is 2.30. The standard InChI is InChI=1S/C19H24ClN5S/c1-2-8-24-18(15-6-7-15)21-25(19(24)26)14-22-9-11-23(12-10-22)17-5-3-4-16(20)13-17/h2-5,13,15H,1,6-12,14H2. The van der Waals surface area contributed by atoms with E-state index in [-0.39, 0.29) is 0 Å². The molecule has 7 heteroatoms. The molecule has 2 fully saturated rings. The molecule has 0 spiro atoms. The Labute approximate surface area is 164 Å². The van der Waals surface area contributed by atoms with E-state index >= 15 is 0 Å². The molecule has 0 unspecified atom stereocenters. The van der Waals surface area contributed by atoms with Crippen molar-refractivity contribution < 1.29 is 0 Å². The molecule has 0 atom stereocenters. The number of nitrogens with zero attached hydrogens (tertiary/aromatic N) is 5. The van der Waals surface area contributed by atoms with Crippen molar-refractivity contribution in [3.63, 3.8) is 0 Å². The van der Waals surface area contributed by atoms with E-state index in [4.69, 9.17) is 28.9 Å². The van der Waals surface area contributed by atoms with Gasteiger partial charge in [-0.25, -0.2) is 4.68 Å². The Balaban J connectivity index is 1.42. The van der Waals surface area contributed by atoms with Crippen molar-refractivity contribution >= 4 is 29.5 Å². The van der Waals surface area contributed by atoms with Gasteiger partial charge in [-0.3, -0.25) is 9.47 Å². The summed E-state index contributed by atoms with van der Waals surface area (Å²) >= 11 is 11.8. The zero-order valence-corrected chi connectivity index (χ0v) is 16.4. The van der Waals surface area contributed by atoms with Crippen LogP contribution in [0.3, 0.4) is 0 Å². The Morgan fingerprint density at radius 1 is 1.23 bits per heavy atom. The van der Waals surface area contributed by atoms with Gasteiger partial charge in [0.1, 0.15) is 5.82 Å². The van der Waals surface area contributed by atoms with Crippen LogP contribution in [0.5, 0.6) is 0 Å². The Morgan fingerprint density at radius 2 is 2.00 bits per heavy atom. The number of hydrogen-bond donors (Lipinski definition) is 0. The van der Waals surface area contributed by atoms with Gasteiger partial charge in [0, 0.05) is 49.4 Å². The van der Waals surface area contributed by atoms with Crippen LogP contribution in [0.4, 0.5) is 5.69 Å². The third kappa shape index (κ3) is 3.72. The lowest BCUT2D eigenvalue weighted by Gasteiger charge is -2.35. The van der Waals surface area contributed by atoms with E-state index in [9.17, 15) is 0 Å². The number of piperazine rings is 1.